The zero-order valence-electron chi connectivity index (χ0n) is 12.4. The van der Waals surface area contributed by atoms with Crippen LogP contribution in [0.15, 0.2) is 48.5 Å². The third kappa shape index (κ3) is 2.66. The van der Waals surface area contributed by atoms with Crippen molar-refractivity contribution >= 4 is 51.6 Å². The number of anilines is 2. The zero-order chi connectivity index (χ0) is 15.8. The van der Waals surface area contributed by atoms with Crippen molar-refractivity contribution < 1.29 is 0 Å². The monoisotopic (exact) mass is 342 g/mol. The molecule has 1 N–H and O–H groups in total. The topological polar surface area (TPSA) is 33.1 Å². The molecule has 0 fully saturated rings. The maximum absolute atomic E-state index is 5.92. The van der Waals surface area contributed by atoms with Crippen molar-refractivity contribution in [3.63, 3.8) is 0 Å². The SMILES string of the molecule is S=C(Nc1ccc(Cl)cc1)N1CCCn2c1nc1ccccc12. The highest BCUT2D eigenvalue weighted by molar-refractivity contribution is 7.80. The van der Waals surface area contributed by atoms with Gasteiger partial charge < -0.3 is 9.88 Å². The van der Waals surface area contributed by atoms with Crippen molar-refractivity contribution in [3.8, 4) is 0 Å². The van der Waals surface area contributed by atoms with E-state index in [2.05, 4.69) is 20.9 Å². The number of para-hydroxylation sites is 2. The Labute approximate surface area is 144 Å². The van der Waals surface area contributed by atoms with E-state index >= 15 is 0 Å². The molecular weight excluding hydrogens is 328 g/mol. The average molecular weight is 343 g/mol. The number of aryl methyl sites for hydroxylation is 1. The third-order valence-corrected chi connectivity index (χ3v) is 4.55. The van der Waals surface area contributed by atoms with E-state index in [0.717, 1.165) is 42.2 Å². The molecule has 0 atom stereocenters. The molecule has 0 unspecified atom stereocenters. The van der Waals surface area contributed by atoms with Gasteiger partial charge in [0.05, 0.1) is 11.0 Å². The Morgan fingerprint density at radius 3 is 2.70 bits per heavy atom. The van der Waals surface area contributed by atoms with Gasteiger partial charge in [-0.15, -0.1) is 0 Å². The summed E-state index contributed by atoms with van der Waals surface area (Å²) in [5.41, 5.74) is 3.08. The first kappa shape index (κ1) is 14.5. The molecule has 23 heavy (non-hydrogen) atoms. The summed E-state index contributed by atoms with van der Waals surface area (Å²) in [4.78, 5) is 6.81. The Balaban J connectivity index is 1.65. The number of hydrogen-bond donors (Lipinski definition) is 1. The van der Waals surface area contributed by atoms with Crippen molar-refractivity contribution in [1.29, 1.82) is 0 Å². The standard InChI is InChI=1S/C17H15ClN4S/c18-12-6-8-13(9-7-12)19-17(23)22-11-3-10-21-15-5-2-1-4-14(15)20-16(21)22/h1-2,4-9H,3,10-11H2,(H,19,23). The van der Waals surface area contributed by atoms with E-state index in [4.69, 9.17) is 28.8 Å². The van der Waals surface area contributed by atoms with E-state index in [0.29, 0.717) is 10.1 Å². The van der Waals surface area contributed by atoms with Crippen LogP contribution in [0.1, 0.15) is 6.42 Å². The van der Waals surface area contributed by atoms with Crippen LogP contribution in [-0.2, 0) is 6.54 Å². The summed E-state index contributed by atoms with van der Waals surface area (Å²) in [5, 5.41) is 4.64. The Bertz CT molecular complexity index is 872. The summed E-state index contributed by atoms with van der Waals surface area (Å²) in [6.07, 6.45) is 1.04. The summed E-state index contributed by atoms with van der Waals surface area (Å²) in [6, 6.07) is 15.7. The first-order valence-corrected chi connectivity index (χ1v) is 8.30. The van der Waals surface area contributed by atoms with E-state index in [-0.39, 0.29) is 0 Å². The molecule has 2 aromatic carbocycles. The molecule has 3 aromatic rings. The second-order valence-corrected chi connectivity index (χ2v) is 6.32. The fourth-order valence-electron chi connectivity index (χ4n) is 2.89. The smallest absolute Gasteiger partial charge is 0.212 e. The molecule has 0 amide bonds. The molecular formula is C17H15ClN4S. The number of nitrogens with one attached hydrogen (secondary N) is 1. The number of nitrogens with zero attached hydrogens (tertiary/aromatic N) is 3. The predicted octanol–water partition coefficient (Wildman–Crippen LogP) is 4.30. The molecule has 1 aromatic heterocycles. The van der Waals surface area contributed by atoms with Gasteiger partial charge in [0.25, 0.3) is 0 Å². The number of halogens is 1. The van der Waals surface area contributed by atoms with Gasteiger partial charge in [0.15, 0.2) is 5.11 Å². The number of imidazole rings is 1. The molecule has 0 spiro atoms. The van der Waals surface area contributed by atoms with Crippen molar-refractivity contribution in [1.82, 2.24) is 9.55 Å². The van der Waals surface area contributed by atoms with Gasteiger partial charge in [-0.3, -0.25) is 4.90 Å². The van der Waals surface area contributed by atoms with E-state index < -0.39 is 0 Å². The van der Waals surface area contributed by atoms with Crippen molar-refractivity contribution in [2.24, 2.45) is 0 Å². The highest BCUT2D eigenvalue weighted by Gasteiger charge is 2.24. The molecule has 0 bridgehead atoms. The molecule has 0 radical (unpaired) electrons. The lowest BCUT2D eigenvalue weighted by molar-refractivity contribution is 0.612. The summed E-state index contributed by atoms with van der Waals surface area (Å²) in [7, 11) is 0. The van der Waals surface area contributed by atoms with Gasteiger partial charge in [0, 0.05) is 23.8 Å². The summed E-state index contributed by atoms with van der Waals surface area (Å²) < 4.78 is 2.23. The highest BCUT2D eigenvalue weighted by atomic mass is 35.5. The second-order valence-electron chi connectivity index (χ2n) is 5.49. The number of aromatic nitrogens is 2. The van der Waals surface area contributed by atoms with Gasteiger partial charge in [0.2, 0.25) is 5.95 Å². The number of rotatable bonds is 1. The van der Waals surface area contributed by atoms with Crippen LogP contribution in [-0.4, -0.2) is 21.2 Å². The molecule has 0 saturated carbocycles. The second kappa shape index (κ2) is 5.83. The quantitative estimate of drug-likeness (QED) is 0.668. The first-order valence-electron chi connectivity index (χ1n) is 7.52. The number of hydrogen-bond acceptors (Lipinski definition) is 2. The molecule has 4 rings (SSSR count). The van der Waals surface area contributed by atoms with Crippen LogP contribution in [0.25, 0.3) is 11.0 Å². The van der Waals surface area contributed by atoms with Crippen LogP contribution < -0.4 is 10.2 Å². The Morgan fingerprint density at radius 2 is 1.87 bits per heavy atom. The van der Waals surface area contributed by atoms with E-state index in [1.54, 1.807) is 0 Å². The lowest BCUT2D eigenvalue weighted by Crippen LogP contribution is -2.40. The van der Waals surface area contributed by atoms with Crippen LogP contribution >= 0.6 is 23.8 Å². The van der Waals surface area contributed by atoms with Crippen molar-refractivity contribution in [3.05, 3.63) is 53.6 Å². The largest absolute Gasteiger partial charge is 0.332 e. The maximum Gasteiger partial charge on any atom is 0.212 e. The van der Waals surface area contributed by atoms with Gasteiger partial charge >= 0.3 is 0 Å². The fraction of sp³-hybridized carbons (Fsp3) is 0.176. The van der Waals surface area contributed by atoms with Gasteiger partial charge in [-0.05, 0) is 55.0 Å². The minimum atomic E-state index is 0.656. The Morgan fingerprint density at radius 1 is 1.09 bits per heavy atom. The number of thiocarbonyl (C=S) groups is 1. The molecule has 4 nitrogen and oxygen atoms in total. The molecule has 0 aliphatic carbocycles. The van der Waals surface area contributed by atoms with Gasteiger partial charge in [-0.25, -0.2) is 4.98 Å². The van der Waals surface area contributed by atoms with Gasteiger partial charge in [-0.1, -0.05) is 23.7 Å². The van der Waals surface area contributed by atoms with E-state index in [9.17, 15) is 0 Å². The number of benzene rings is 2. The Kier molecular flexibility index (Phi) is 3.67. The van der Waals surface area contributed by atoms with Crippen molar-refractivity contribution in [2.75, 3.05) is 16.8 Å². The Hall–Kier alpha value is -2.11. The fourth-order valence-corrected chi connectivity index (χ4v) is 3.31. The zero-order valence-corrected chi connectivity index (χ0v) is 13.9. The van der Waals surface area contributed by atoms with Crippen LogP contribution in [0.2, 0.25) is 5.02 Å². The highest BCUT2D eigenvalue weighted by Crippen LogP contribution is 2.27. The molecule has 1 aliphatic heterocycles. The molecule has 0 saturated heterocycles. The van der Waals surface area contributed by atoms with E-state index in [1.807, 2.05) is 42.5 Å². The lowest BCUT2D eigenvalue weighted by atomic mass is 10.3. The van der Waals surface area contributed by atoms with Crippen molar-refractivity contribution in [2.45, 2.75) is 13.0 Å². The lowest BCUT2D eigenvalue weighted by Gasteiger charge is -2.29. The van der Waals surface area contributed by atoms with Gasteiger partial charge in [-0.2, -0.15) is 0 Å². The maximum atomic E-state index is 5.92. The minimum Gasteiger partial charge on any atom is -0.332 e. The molecule has 116 valence electrons. The van der Waals surface area contributed by atoms with Crippen LogP contribution in [0.3, 0.4) is 0 Å². The minimum absolute atomic E-state index is 0.656. The van der Waals surface area contributed by atoms with E-state index in [1.165, 1.54) is 0 Å². The molecule has 1 aliphatic rings. The first-order chi connectivity index (χ1) is 11.2. The number of fused-ring (bicyclic) bond motifs is 3. The summed E-state index contributed by atoms with van der Waals surface area (Å²) in [5.74, 6) is 0.906. The third-order valence-electron chi connectivity index (χ3n) is 3.98. The molecule has 6 heteroatoms. The van der Waals surface area contributed by atoms with Crippen LogP contribution in [0, 0.1) is 0 Å². The predicted molar refractivity (Wildman–Crippen MR) is 99.4 cm³/mol. The van der Waals surface area contributed by atoms with Crippen LogP contribution in [0.5, 0.6) is 0 Å². The average Bonchev–Trinajstić information content (AvgIpc) is 2.95. The van der Waals surface area contributed by atoms with Crippen LogP contribution in [0.4, 0.5) is 11.6 Å². The summed E-state index contributed by atoms with van der Waals surface area (Å²) in [6.45, 7) is 1.83. The molecule has 2 heterocycles. The summed E-state index contributed by atoms with van der Waals surface area (Å²) >= 11 is 11.5. The normalized spacial score (nSPS) is 13.9. The van der Waals surface area contributed by atoms with Gasteiger partial charge in [0.1, 0.15) is 0 Å².